The average Bonchev–Trinajstić information content (AvgIpc) is 2.40. The van der Waals surface area contributed by atoms with Crippen LogP contribution in [0, 0.1) is 0 Å². The van der Waals surface area contributed by atoms with Crippen LogP contribution in [0.15, 0.2) is 18.2 Å². The summed E-state index contributed by atoms with van der Waals surface area (Å²) in [5, 5.41) is 10.5. The van der Waals surface area contributed by atoms with E-state index in [9.17, 15) is 13.5 Å². The first-order chi connectivity index (χ1) is 9.29. The van der Waals surface area contributed by atoms with Crippen molar-refractivity contribution in [2.24, 2.45) is 0 Å². The maximum absolute atomic E-state index is 11.5. The molecule has 0 saturated carbocycles. The Kier molecular flexibility index (Phi) is 4.59. The highest BCUT2D eigenvalue weighted by molar-refractivity contribution is 7.88. The third-order valence-corrected chi connectivity index (χ3v) is 5.27. The highest BCUT2D eigenvalue weighted by Gasteiger charge is 2.27. The topological polar surface area (TPSA) is 60.9 Å². The zero-order valence-corrected chi connectivity index (χ0v) is 13.2. The number of aromatic hydroxyl groups is 1. The number of phenolic OH excluding ortho intramolecular Hbond substituents is 1. The van der Waals surface area contributed by atoms with Crippen LogP contribution in [0.4, 0.5) is 0 Å². The molecule has 7 heteroatoms. The molecule has 1 aromatic carbocycles. The van der Waals surface area contributed by atoms with E-state index in [1.807, 2.05) is 6.92 Å². The Bertz CT molecular complexity index is 583. The van der Waals surface area contributed by atoms with E-state index in [0.29, 0.717) is 31.2 Å². The van der Waals surface area contributed by atoms with Gasteiger partial charge in [0.25, 0.3) is 0 Å². The van der Waals surface area contributed by atoms with E-state index in [0.717, 1.165) is 5.56 Å². The highest BCUT2D eigenvalue weighted by atomic mass is 35.5. The number of nitrogens with zero attached hydrogens (tertiary/aromatic N) is 2. The van der Waals surface area contributed by atoms with Gasteiger partial charge in [-0.25, -0.2) is 8.42 Å². The molecule has 1 fully saturated rings. The molecule has 20 heavy (non-hydrogen) atoms. The first-order valence-electron chi connectivity index (χ1n) is 6.46. The minimum atomic E-state index is -3.12. The molecule has 1 N–H and O–H groups in total. The van der Waals surface area contributed by atoms with Crippen molar-refractivity contribution in [1.29, 1.82) is 0 Å². The van der Waals surface area contributed by atoms with Gasteiger partial charge in [-0.2, -0.15) is 4.31 Å². The SMILES string of the molecule is CC(c1cc(Cl)ccc1O)N1CCN(S(C)(=O)=O)CC1. The molecule has 112 valence electrons. The standard InChI is InChI=1S/C13H19ClN2O3S/c1-10(12-9-11(14)3-4-13(12)17)15-5-7-16(8-6-15)20(2,18)19/h3-4,9-10,17H,5-8H2,1-2H3. The minimum absolute atomic E-state index is 0.00425. The van der Waals surface area contributed by atoms with E-state index >= 15 is 0 Å². The quantitative estimate of drug-likeness (QED) is 0.921. The van der Waals surface area contributed by atoms with E-state index in [1.165, 1.54) is 10.6 Å². The number of hydrogen-bond donors (Lipinski definition) is 1. The molecular formula is C13H19ClN2O3S. The van der Waals surface area contributed by atoms with Gasteiger partial charge >= 0.3 is 0 Å². The van der Waals surface area contributed by atoms with Crippen molar-refractivity contribution >= 4 is 21.6 Å². The summed E-state index contributed by atoms with van der Waals surface area (Å²) < 4.78 is 24.4. The van der Waals surface area contributed by atoms with Gasteiger partial charge in [0.05, 0.1) is 6.26 Å². The molecule has 1 aliphatic heterocycles. The number of halogens is 1. The highest BCUT2D eigenvalue weighted by Crippen LogP contribution is 2.31. The van der Waals surface area contributed by atoms with Crippen molar-refractivity contribution in [1.82, 2.24) is 9.21 Å². The zero-order valence-electron chi connectivity index (χ0n) is 11.6. The maximum atomic E-state index is 11.5. The van der Waals surface area contributed by atoms with E-state index in [1.54, 1.807) is 18.2 Å². The van der Waals surface area contributed by atoms with E-state index < -0.39 is 10.0 Å². The summed E-state index contributed by atoms with van der Waals surface area (Å²) in [6.07, 6.45) is 1.23. The summed E-state index contributed by atoms with van der Waals surface area (Å²) >= 11 is 5.97. The molecular weight excluding hydrogens is 300 g/mol. The molecule has 2 rings (SSSR count). The molecule has 0 spiro atoms. The van der Waals surface area contributed by atoms with Crippen LogP contribution in [-0.4, -0.2) is 55.2 Å². The Morgan fingerprint density at radius 1 is 1.25 bits per heavy atom. The second kappa shape index (κ2) is 5.89. The largest absolute Gasteiger partial charge is 0.508 e. The molecule has 1 aromatic rings. The van der Waals surface area contributed by atoms with Crippen LogP contribution in [0.2, 0.25) is 5.02 Å². The second-order valence-corrected chi connectivity index (χ2v) is 7.50. The Morgan fingerprint density at radius 2 is 1.85 bits per heavy atom. The fourth-order valence-electron chi connectivity index (χ4n) is 2.48. The lowest BCUT2D eigenvalue weighted by molar-refractivity contribution is 0.144. The van der Waals surface area contributed by atoms with Crippen LogP contribution in [0.25, 0.3) is 0 Å². The molecule has 0 radical (unpaired) electrons. The second-order valence-electron chi connectivity index (χ2n) is 5.08. The molecule has 1 aliphatic rings. The van der Waals surface area contributed by atoms with Crippen LogP contribution in [0.5, 0.6) is 5.75 Å². The molecule has 0 bridgehead atoms. The maximum Gasteiger partial charge on any atom is 0.211 e. The number of benzene rings is 1. The molecule has 1 unspecified atom stereocenters. The Morgan fingerprint density at radius 3 is 2.40 bits per heavy atom. The number of phenols is 1. The molecule has 1 atom stereocenters. The van der Waals surface area contributed by atoms with Gasteiger partial charge < -0.3 is 5.11 Å². The summed E-state index contributed by atoms with van der Waals surface area (Å²) in [5.74, 6) is 0.215. The van der Waals surface area contributed by atoms with Gasteiger partial charge in [-0.05, 0) is 25.1 Å². The summed E-state index contributed by atoms with van der Waals surface area (Å²) in [5.41, 5.74) is 0.769. The number of hydrogen-bond acceptors (Lipinski definition) is 4. The third-order valence-electron chi connectivity index (χ3n) is 3.73. The van der Waals surface area contributed by atoms with Crippen molar-refractivity contribution in [2.45, 2.75) is 13.0 Å². The van der Waals surface area contributed by atoms with Gasteiger partial charge in [-0.3, -0.25) is 4.90 Å². The lowest BCUT2D eigenvalue weighted by atomic mass is 10.1. The fourth-order valence-corrected chi connectivity index (χ4v) is 3.49. The number of rotatable bonds is 3. The van der Waals surface area contributed by atoms with Crippen LogP contribution in [-0.2, 0) is 10.0 Å². The van der Waals surface area contributed by atoms with Gasteiger partial charge in [-0.15, -0.1) is 0 Å². The van der Waals surface area contributed by atoms with Gasteiger partial charge in [0, 0.05) is 42.8 Å². The van der Waals surface area contributed by atoms with Crippen molar-refractivity contribution in [3.05, 3.63) is 28.8 Å². The normalized spacial score (nSPS) is 19.9. The lowest BCUT2D eigenvalue weighted by Gasteiger charge is -2.37. The Labute approximate surface area is 124 Å². The number of piperazine rings is 1. The molecule has 0 aromatic heterocycles. The van der Waals surface area contributed by atoms with Crippen LogP contribution in [0.3, 0.4) is 0 Å². The van der Waals surface area contributed by atoms with E-state index in [-0.39, 0.29) is 11.8 Å². The molecule has 1 saturated heterocycles. The van der Waals surface area contributed by atoms with Crippen LogP contribution in [0.1, 0.15) is 18.5 Å². The van der Waals surface area contributed by atoms with Crippen LogP contribution >= 0.6 is 11.6 Å². The summed E-state index contributed by atoms with van der Waals surface area (Å²) in [7, 11) is -3.12. The lowest BCUT2D eigenvalue weighted by Crippen LogP contribution is -2.48. The Hall–Kier alpha value is -0.820. The first-order valence-corrected chi connectivity index (χ1v) is 8.69. The molecule has 0 aliphatic carbocycles. The first kappa shape index (κ1) is 15.6. The van der Waals surface area contributed by atoms with E-state index in [4.69, 9.17) is 11.6 Å². The van der Waals surface area contributed by atoms with Gasteiger partial charge in [-0.1, -0.05) is 11.6 Å². The van der Waals surface area contributed by atoms with Gasteiger partial charge in [0.2, 0.25) is 10.0 Å². The molecule has 0 amide bonds. The summed E-state index contributed by atoms with van der Waals surface area (Å²) in [6.45, 7) is 4.22. The average molecular weight is 319 g/mol. The Balaban J connectivity index is 2.09. The predicted molar refractivity (Wildman–Crippen MR) is 79.5 cm³/mol. The number of sulfonamides is 1. The summed E-state index contributed by atoms with van der Waals surface area (Å²) in [6, 6.07) is 4.98. The van der Waals surface area contributed by atoms with Gasteiger partial charge in [0.15, 0.2) is 0 Å². The third kappa shape index (κ3) is 3.44. The van der Waals surface area contributed by atoms with Crippen molar-refractivity contribution < 1.29 is 13.5 Å². The molecule has 5 nitrogen and oxygen atoms in total. The van der Waals surface area contributed by atoms with Crippen LogP contribution < -0.4 is 0 Å². The van der Waals surface area contributed by atoms with E-state index in [2.05, 4.69) is 4.90 Å². The van der Waals surface area contributed by atoms with Crippen molar-refractivity contribution in [3.63, 3.8) is 0 Å². The van der Waals surface area contributed by atoms with Crippen molar-refractivity contribution in [3.8, 4) is 5.75 Å². The monoisotopic (exact) mass is 318 g/mol. The smallest absolute Gasteiger partial charge is 0.211 e. The zero-order chi connectivity index (χ0) is 14.9. The molecule has 1 heterocycles. The minimum Gasteiger partial charge on any atom is -0.508 e. The predicted octanol–water partition coefficient (Wildman–Crippen LogP) is 1.68. The van der Waals surface area contributed by atoms with Crippen molar-refractivity contribution in [2.75, 3.05) is 32.4 Å². The fraction of sp³-hybridized carbons (Fsp3) is 0.538. The summed E-state index contributed by atoms with van der Waals surface area (Å²) in [4.78, 5) is 2.15. The van der Waals surface area contributed by atoms with Gasteiger partial charge in [0.1, 0.15) is 5.75 Å².